The molecular weight excluding hydrogens is 395 g/mol. The highest BCUT2D eigenvalue weighted by atomic mass is 35.5. The summed E-state index contributed by atoms with van der Waals surface area (Å²) in [4.78, 5) is 12.3. The fraction of sp³-hybridized carbons (Fsp3) is 0. The molecule has 0 saturated heterocycles. The molecule has 0 amide bonds. The molecule has 4 rings (SSSR count). The van der Waals surface area contributed by atoms with E-state index in [0.717, 1.165) is 16.7 Å². The van der Waals surface area contributed by atoms with Crippen molar-refractivity contribution in [3.05, 3.63) is 105 Å². The molecule has 1 N–H and O–H groups in total. The first-order valence-corrected chi connectivity index (χ1v) is 9.26. The van der Waals surface area contributed by atoms with E-state index in [1.54, 1.807) is 24.3 Å². The van der Waals surface area contributed by atoms with E-state index >= 15 is 0 Å². The number of benzene rings is 3. The highest BCUT2D eigenvalue weighted by Gasteiger charge is 2.31. The van der Waals surface area contributed by atoms with Crippen molar-refractivity contribution in [3.8, 4) is 11.1 Å². The molecule has 138 valence electrons. The molecule has 0 unspecified atom stereocenters. The summed E-state index contributed by atoms with van der Waals surface area (Å²) in [5.74, 6) is -0.804. The first-order valence-electron chi connectivity index (χ1n) is 8.51. The molecule has 5 heteroatoms. The number of hydrogen-bond acceptors (Lipinski definition) is 3. The van der Waals surface area contributed by atoms with Crippen LogP contribution < -0.4 is 0 Å². The molecule has 3 nitrogen and oxygen atoms in total. The molecule has 1 heterocycles. The van der Waals surface area contributed by atoms with E-state index in [0.29, 0.717) is 15.6 Å². The van der Waals surface area contributed by atoms with Crippen molar-refractivity contribution in [2.75, 3.05) is 0 Å². The van der Waals surface area contributed by atoms with Crippen molar-refractivity contribution in [1.29, 1.82) is 0 Å². The van der Waals surface area contributed by atoms with Gasteiger partial charge in [0.1, 0.15) is 5.57 Å². The molecule has 0 spiro atoms. The van der Waals surface area contributed by atoms with Gasteiger partial charge in [-0.2, -0.15) is 0 Å². The fourth-order valence-electron chi connectivity index (χ4n) is 3.02. The Balaban J connectivity index is 1.67. The maximum Gasteiger partial charge on any atom is 0.348 e. The second-order valence-corrected chi connectivity index (χ2v) is 7.14. The summed E-state index contributed by atoms with van der Waals surface area (Å²) in [6.07, 6.45) is 1.61. The van der Waals surface area contributed by atoms with Crippen molar-refractivity contribution >= 4 is 40.8 Å². The molecular formula is C23H14Cl2O3. The van der Waals surface area contributed by atoms with Gasteiger partial charge in [0.2, 0.25) is 0 Å². The van der Waals surface area contributed by atoms with Crippen molar-refractivity contribution in [2.24, 2.45) is 0 Å². The Kier molecular flexibility index (Phi) is 4.95. The lowest BCUT2D eigenvalue weighted by Gasteiger charge is -2.03. The van der Waals surface area contributed by atoms with Crippen LogP contribution in [0.2, 0.25) is 10.0 Å². The Bertz CT molecular complexity index is 1090. The second kappa shape index (κ2) is 7.55. The number of esters is 1. The van der Waals surface area contributed by atoms with Crippen LogP contribution in [-0.4, -0.2) is 11.1 Å². The minimum absolute atomic E-state index is 0.0385. The Morgan fingerprint density at radius 2 is 1.39 bits per heavy atom. The SMILES string of the molecule is O=C1O/C(=C\c2ccc(-c3ccccc3)cc2)C(O)=C1c1cc(Cl)cc(Cl)c1. The Morgan fingerprint density at radius 3 is 2.04 bits per heavy atom. The van der Waals surface area contributed by atoms with Gasteiger partial charge in [-0.3, -0.25) is 0 Å². The Morgan fingerprint density at radius 1 is 0.786 bits per heavy atom. The topological polar surface area (TPSA) is 46.5 Å². The molecule has 0 radical (unpaired) electrons. The molecule has 28 heavy (non-hydrogen) atoms. The Hall–Kier alpha value is -3.01. The van der Waals surface area contributed by atoms with Crippen molar-refractivity contribution in [3.63, 3.8) is 0 Å². The van der Waals surface area contributed by atoms with Gasteiger partial charge in [0.05, 0.1) is 0 Å². The van der Waals surface area contributed by atoms with Crippen LogP contribution in [0.1, 0.15) is 11.1 Å². The molecule has 0 saturated carbocycles. The van der Waals surface area contributed by atoms with Crippen molar-refractivity contribution in [1.82, 2.24) is 0 Å². The highest BCUT2D eigenvalue weighted by Crippen LogP contribution is 2.35. The van der Waals surface area contributed by atoms with Crippen LogP contribution in [0.3, 0.4) is 0 Å². The van der Waals surface area contributed by atoms with Gasteiger partial charge in [0.15, 0.2) is 11.5 Å². The van der Waals surface area contributed by atoms with E-state index in [-0.39, 0.29) is 17.1 Å². The summed E-state index contributed by atoms with van der Waals surface area (Å²) < 4.78 is 5.25. The zero-order valence-corrected chi connectivity index (χ0v) is 16.0. The maximum atomic E-state index is 12.3. The van der Waals surface area contributed by atoms with Gasteiger partial charge in [-0.25, -0.2) is 4.79 Å². The number of aliphatic hydroxyl groups is 1. The number of rotatable bonds is 3. The zero-order valence-electron chi connectivity index (χ0n) is 14.5. The third-order valence-corrected chi connectivity index (χ3v) is 4.78. The van der Waals surface area contributed by atoms with Gasteiger partial charge in [-0.15, -0.1) is 0 Å². The summed E-state index contributed by atoms with van der Waals surface area (Å²) >= 11 is 12.0. The number of ether oxygens (including phenoxy) is 1. The van der Waals surface area contributed by atoms with E-state index in [1.807, 2.05) is 54.6 Å². The molecule has 3 aromatic rings. The van der Waals surface area contributed by atoms with E-state index < -0.39 is 5.97 Å². The maximum absolute atomic E-state index is 12.3. The molecule has 1 aliphatic rings. The number of hydrogen-bond donors (Lipinski definition) is 1. The quantitative estimate of drug-likeness (QED) is 0.501. The van der Waals surface area contributed by atoms with Gasteiger partial charge in [0.25, 0.3) is 0 Å². The second-order valence-electron chi connectivity index (χ2n) is 6.27. The van der Waals surface area contributed by atoms with E-state index in [9.17, 15) is 9.90 Å². The van der Waals surface area contributed by atoms with E-state index in [4.69, 9.17) is 27.9 Å². The standard InChI is InChI=1S/C23H14Cl2O3/c24-18-11-17(12-19(25)13-18)21-22(26)20(28-23(21)27)10-14-6-8-16(9-7-14)15-4-2-1-3-5-15/h1-13,26H/b20-10-. The summed E-state index contributed by atoms with van der Waals surface area (Å²) in [6, 6.07) is 22.4. The van der Waals surface area contributed by atoms with Crippen LogP contribution in [-0.2, 0) is 9.53 Å². The lowest BCUT2D eigenvalue weighted by Crippen LogP contribution is -1.98. The van der Waals surface area contributed by atoms with Crippen LogP contribution in [0.15, 0.2) is 84.3 Å². The molecule has 0 fully saturated rings. The number of carbonyl (C=O) groups is 1. The average molecular weight is 409 g/mol. The van der Waals surface area contributed by atoms with Gasteiger partial charge in [-0.1, -0.05) is 77.8 Å². The molecule has 0 bridgehead atoms. The van der Waals surface area contributed by atoms with Crippen LogP contribution in [0.4, 0.5) is 0 Å². The normalized spacial score (nSPS) is 15.2. The van der Waals surface area contributed by atoms with Crippen molar-refractivity contribution in [2.45, 2.75) is 0 Å². The van der Waals surface area contributed by atoms with Gasteiger partial charge in [0, 0.05) is 10.0 Å². The van der Waals surface area contributed by atoms with Crippen LogP contribution in [0.25, 0.3) is 22.8 Å². The zero-order chi connectivity index (χ0) is 19.7. The summed E-state index contributed by atoms with van der Waals surface area (Å²) in [7, 11) is 0. The molecule has 0 atom stereocenters. The monoisotopic (exact) mass is 408 g/mol. The van der Waals surface area contributed by atoms with Crippen LogP contribution in [0.5, 0.6) is 0 Å². The molecule has 3 aromatic carbocycles. The van der Waals surface area contributed by atoms with Crippen LogP contribution in [0, 0.1) is 0 Å². The van der Waals surface area contributed by atoms with Crippen LogP contribution >= 0.6 is 23.2 Å². The average Bonchev–Trinajstić information content (AvgIpc) is 2.95. The summed E-state index contributed by atoms with van der Waals surface area (Å²) in [5, 5.41) is 11.3. The fourth-order valence-corrected chi connectivity index (χ4v) is 3.55. The first-order chi connectivity index (χ1) is 13.5. The highest BCUT2D eigenvalue weighted by molar-refractivity contribution is 6.35. The Labute approximate surface area is 172 Å². The van der Waals surface area contributed by atoms with Gasteiger partial charge < -0.3 is 9.84 Å². The summed E-state index contributed by atoms with van der Waals surface area (Å²) in [5.41, 5.74) is 3.41. The van der Waals surface area contributed by atoms with Gasteiger partial charge in [-0.05, 0) is 46.5 Å². The summed E-state index contributed by atoms with van der Waals surface area (Å²) in [6.45, 7) is 0. The predicted octanol–water partition coefficient (Wildman–Crippen LogP) is 6.53. The predicted molar refractivity (Wildman–Crippen MR) is 112 cm³/mol. The minimum atomic E-state index is -0.650. The number of carbonyl (C=O) groups excluding carboxylic acids is 1. The van der Waals surface area contributed by atoms with E-state index in [1.165, 1.54) is 0 Å². The number of halogens is 2. The first kappa shape index (κ1) is 18.4. The minimum Gasteiger partial charge on any atom is -0.504 e. The third-order valence-electron chi connectivity index (χ3n) is 4.34. The number of aliphatic hydroxyl groups excluding tert-OH is 1. The number of cyclic esters (lactones) is 1. The lowest BCUT2D eigenvalue weighted by molar-refractivity contribution is -0.131. The largest absolute Gasteiger partial charge is 0.504 e. The molecule has 0 aromatic heterocycles. The molecule has 0 aliphatic carbocycles. The lowest BCUT2D eigenvalue weighted by atomic mass is 10.0. The smallest absolute Gasteiger partial charge is 0.348 e. The van der Waals surface area contributed by atoms with Gasteiger partial charge >= 0.3 is 5.97 Å². The molecule has 1 aliphatic heterocycles. The van der Waals surface area contributed by atoms with E-state index in [2.05, 4.69) is 0 Å². The van der Waals surface area contributed by atoms with Crippen molar-refractivity contribution < 1.29 is 14.6 Å². The third kappa shape index (κ3) is 3.68.